The Balaban J connectivity index is 3.07. The van der Waals surface area contributed by atoms with Crippen LogP contribution in [0.4, 0.5) is 14.4 Å². The van der Waals surface area contributed by atoms with Crippen LogP contribution >= 0.6 is 0 Å². The number of hydrogen-bond donors (Lipinski definition) is 1. The molecule has 12 nitrogen and oxygen atoms in total. The van der Waals surface area contributed by atoms with Crippen LogP contribution in [0.25, 0.3) is 0 Å². The molecule has 0 heterocycles. The van der Waals surface area contributed by atoms with Gasteiger partial charge in [-0.05, 0) is 36.5 Å². The summed E-state index contributed by atoms with van der Waals surface area (Å²) in [4.78, 5) is 48.6. The molecular weight excluding hydrogens is 514 g/mol. The standard InChI is InChI=1S/C27H41NO11/c1-6-8-13-34-25(31)38-21-11-10-20(16-22(21)39-26(32)35-14-9-7-2)17-27(28,23(29)33-5)12-15-36-24(30)37-18-19(3)4/h10-11,16,19H,6-9,12-15,17-18,28H2,1-5H3. The van der Waals surface area contributed by atoms with Gasteiger partial charge in [-0.15, -0.1) is 0 Å². The summed E-state index contributed by atoms with van der Waals surface area (Å²) in [6, 6.07) is 4.30. The lowest BCUT2D eigenvalue weighted by Gasteiger charge is -2.26. The molecule has 0 aromatic heterocycles. The van der Waals surface area contributed by atoms with Crippen molar-refractivity contribution in [1.82, 2.24) is 0 Å². The number of benzene rings is 1. The Morgan fingerprint density at radius 3 is 1.92 bits per heavy atom. The Morgan fingerprint density at radius 2 is 1.38 bits per heavy atom. The number of carbonyl (C=O) groups excluding carboxylic acids is 4. The first-order valence-corrected chi connectivity index (χ1v) is 13.0. The third kappa shape index (κ3) is 13.2. The van der Waals surface area contributed by atoms with Crippen LogP contribution in [-0.2, 0) is 34.9 Å². The van der Waals surface area contributed by atoms with Crippen LogP contribution in [0.1, 0.15) is 65.4 Å². The van der Waals surface area contributed by atoms with E-state index in [-0.39, 0.29) is 56.7 Å². The number of unbranched alkanes of at least 4 members (excludes halogenated alkanes) is 2. The van der Waals surface area contributed by atoms with Crippen molar-refractivity contribution in [3.8, 4) is 11.5 Å². The number of ether oxygens (including phenoxy) is 7. The molecule has 0 aliphatic carbocycles. The van der Waals surface area contributed by atoms with E-state index >= 15 is 0 Å². The third-order valence-electron chi connectivity index (χ3n) is 5.24. The summed E-state index contributed by atoms with van der Waals surface area (Å²) in [6.07, 6.45) is -0.0798. The molecule has 12 heteroatoms. The molecule has 0 amide bonds. The van der Waals surface area contributed by atoms with Crippen molar-refractivity contribution in [1.29, 1.82) is 0 Å². The zero-order valence-corrected chi connectivity index (χ0v) is 23.4. The molecule has 1 aromatic carbocycles. The Kier molecular flexibility index (Phi) is 15.3. The second kappa shape index (κ2) is 17.9. The van der Waals surface area contributed by atoms with Gasteiger partial charge < -0.3 is 38.9 Å². The van der Waals surface area contributed by atoms with Crippen molar-refractivity contribution in [3.05, 3.63) is 23.8 Å². The molecule has 220 valence electrons. The van der Waals surface area contributed by atoms with E-state index in [9.17, 15) is 19.2 Å². The highest BCUT2D eigenvalue weighted by Crippen LogP contribution is 2.31. The number of methoxy groups -OCH3 is 1. The lowest BCUT2D eigenvalue weighted by Crippen LogP contribution is -2.51. The molecule has 0 aliphatic heterocycles. The van der Waals surface area contributed by atoms with Gasteiger partial charge in [0.25, 0.3) is 0 Å². The summed E-state index contributed by atoms with van der Waals surface area (Å²) in [6.45, 7) is 7.94. The minimum absolute atomic E-state index is 0.0896. The molecule has 0 saturated carbocycles. The van der Waals surface area contributed by atoms with E-state index in [1.807, 2.05) is 27.7 Å². The molecular formula is C27H41NO11. The fourth-order valence-electron chi connectivity index (χ4n) is 3.09. The van der Waals surface area contributed by atoms with Crippen molar-refractivity contribution in [2.24, 2.45) is 11.7 Å². The van der Waals surface area contributed by atoms with Crippen molar-refractivity contribution in [2.75, 3.05) is 33.5 Å². The van der Waals surface area contributed by atoms with E-state index < -0.39 is 30.0 Å². The maximum Gasteiger partial charge on any atom is 0.513 e. The average Bonchev–Trinajstić information content (AvgIpc) is 2.88. The van der Waals surface area contributed by atoms with Crippen LogP contribution < -0.4 is 15.2 Å². The fourth-order valence-corrected chi connectivity index (χ4v) is 3.09. The minimum atomic E-state index is -1.60. The summed E-state index contributed by atoms with van der Waals surface area (Å²) in [5.41, 5.74) is 5.20. The topological polar surface area (TPSA) is 159 Å². The smallest absolute Gasteiger partial charge is 0.468 e. The van der Waals surface area contributed by atoms with Crippen molar-refractivity contribution in [3.63, 3.8) is 0 Å². The number of rotatable bonds is 16. The van der Waals surface area contributed by atoms with Gasteiger partial charge in [-0.3, -0.25) is 4.79 Å². The molecule has 0 aliphatic rings. The first-order chi connectivity index (χ1) is 18.5. The van der Waals surface area contributed by atoms with Gasteiger partial charge in [0.15, 0.2) is 11.5 Å². The van der Waals surface area contributed by atoms with Crippen LogP contribution in [0.2, 0.25) is 0 Å². The van der Waals surface area contributed by atoms with Gasteiger partial charge in [0.1, 0.15) is 5.54 Å². The van der Waals surface area contributed by atoms with Gasteiger partial charge in [0, 0.05) is 12.8 Å². The Hall–Kier alpha value is -3.54. The van der Waals surface area contributed by atoms with Crippen LogP contribution in [-0.4, -0.2) is 63.5 Å². The maximum absolute atomic E-state index is 12.6. The maximum atomic E-state index is 12.6. The summed E-state index contributed by atoms with van der Waals surface area (Å²) in [5, 5.41) is 0. The molecule has 2 N–H and O–H groups in total. The quantitative estimate of drug-likeness (QED) is 0.127. The van der Waals surface area contributed by atoms with Crippen LogP contribution in [0, 0.1) is 5.92 Å². The highest BCUT2D eigenvalue weighted by Gasteiger charge is 2.36. The predicted octanol–water partition coefficient (Wildman–Crippen LogP) is 4.93. The SMILES string of the molecule is CCCCOC(=O)Oc1ccc(CC(N)(CCOC(=O)OCC(C)C)C(=O)OC)cc1OC(=O)OCCCC. The first-order valence-electron chi connectivity index (χ1n) is 13.0. The van der Waals surface area contributed by atoms with Crippen molar-refractivity contribution >= 4 is 24.4 Å². The van der Waals surface area contributed by atoms with Gasteiger partial charge in [0.05, 0.1) is 33.5 Å². The molecule has 39 heavy (non-hydrogen) atoms. The van der Waals surface area contributed by atoms with E-state index in [4.69, 9.17) is 38.9 Å². The highest BCUT2D eigenvalue weighted by molar-refractivity contribution is 5.81. The number of carbonyl (C=O) groups is 4. The number of nitrogens with two attached hydrogens (primary N) is 1. The molecule has 1 atom stereocenters. The van der Waals surface area contributed by atoms with E-state index in [0.29, 0.717) is 18.4 Å². The fraction of sp³-hybridized carbons (Fsp3) is 0.630. The van der Waals surface area contributed by atoms with E-state index in [0.717, 1.165) is 12.8 Å². The zero-order chi connectivity index (χ0) is 29.3. The van der Waals surface area contributed by atoms with E-state index in [1.54, 1.807) is 0 Å². The van der Waals surface area contributed by atoms with Crippen LogP contribution in [0.5, 0.6) is 11.5 Å². The molecule has 0 saturated heterocycles. The van der Waals surface area contributed by atoms with E-state index in [2.05, 4.69) is 0 Å². The zero-order valence-electron chi connectivity index (χ0n) is 23.4. The molecule has 0 bridgehead atoms. The lowest BCUT2D eigenvalue weighted by molar-refractivity contribution is -0.147. The summed E-state index contributed by atoms with van der Waals surface area (Å²) in [7, 11) is 1.18. The second-order valence-electron chi connectivity index (χ2n) is 9.27. The summed E-state index contributed by atoms with van der Waals surface area (Å²) in [5.74, 6) is -0.846. The normalized spacial score (nSPS) is 12.2. The number of hydrogen-bond acceptors (Lipinski definition) is 12. The van der Waals surface area contributed by atoms with Gasteiger partial charge in [-0.25, -0.2) is 14.4 Å². The molecule has 1 rings (SSSR count). The molecule has 0 radical (unpaired) electrons. The highest BCUT2D eigenvalue weighted by atomic mass is 16.7. The third-order valence-corrected chi connectivity index (χ3v) is 5.24. The first kappa shape index (κ1) is 33.5. The Bertz CT molecular complexity index is 934. The molecule has 0 spiro atoms. The lowest BCUT2D eigenvalue weighted by atomic mass is 9.88. The van der Waals surface area contributed by atoms with E-state index in [1.165, 1.54) is 25.3 Å². The molecule has 1 unspecified atom stereocenters. The molecule has 0 fully saturated rings. The minimum Gasteiger partial charge on any atom is -0.468 e. The van der Waals surface area contributed by atoms with Crippen LogP contribution in [0.15, 0.2) is 18.2 Å². The molecule has 1 aromatic rings. The van der Waals surface area contributed by atoms with Gasteiger partial charge in [-0.1, -0.05) is 46.6 Å². The predicted molar refractivity (Wildman–Crippen MR) is 140 cm³/mol. The summed E-state index contributed by atoms with van der Waals surface area (Å²) >= 11 is 0. The second-order valence-corrected chi connectivity index (χ2v) is 9.27. The van der Waals surface area contributed by atoms with Gasteiger partial charge >= 0.3 is 24.4 Å². The monoisotopic (exact) mass is 555 g/mol. The average molecular weight is 556 g/mol. The van der Waals surface area contributed by atoms with Crippen LogP contribution in [0.3, 0.4) is 0 Å². The largest absolute Gasteiger partial charge is 0.513 e. The number of esters is 1. The van der Waals surface area contributed by atoms with Gasteiger partial charge in [-0.2, -0.15) is 0 Å². The van der Waals surface area contributed by atoms with Crippen molar-refractivity contribution in [2.45, 2.75) is 71.8 Å². The van der Waals surface area contributed by atoms with Gasteiger partial charge in [0.2, 0.25) is 0 Å². The Labute approximate surface area is 229 Å². The Morgan fingerprint density at radius 1 is 0.821 bits per heavy atom. The van der Waals surface area contributed by atoms with Crippen molar-refractivity contribution < 1.29 is 52.3 Å². The summed E-state index contributed by atoms with van der Waals surface area (Å²) < 4.78 is 35.4.